The van der Waals surface area contributed by atoms with Gasteiger partial charge < -0.3 is 16.2 Å². The van der Waals surface area contributed by atoms with Crippen LogP contribution in [0, 0.1) is 5.82 Å². The van der Waals surface area contributed by atoms with E-state index in [9.17, 15) is 9.18 Å². The van der Waals surface area contributed by atoms with Crippen LogP contribution in [0.1, 0.15) is 15.9 Å². The first kappa shape index (κ1) is 12.9. The van der Waals surface area contributed by atoms with Crippen LogP contribution >= 0.6 is 0 Å². The van der Waals surface area contributed by atoms with Gasteiger partial charge in [-0.1, -0.05) is 18.2 Å². The Morgan fingerprint density at radius 3 is 2.63 bits per heavy atom. The molecule has 0 saturated heterocycles. The zero-order valence-electron chi connectivity index (χ0n) is 10.1. The van der Waals surface area contributed by atoms with Gasteiger partial charge in [0.05, 0.1) is 16.9 Å². The van der Waals surface area contributed by atoms with Gasteiger partial charge in [0.25, 0.3) is 0 Å². The number of carbonyl (C=O) groups is 1. The average Bonchev–Trinajstić information content (AvgIpc) is 2.39. The van der Waals surface area contributed by atoms with Crippen molar-refractivity contribution in [2.75, 3.05) is 11.1 Å². The predicted octanol–water partition coefficient (Wildman–Crippen LogP) is 2.72. The molecule has 0 aliphatic heterocycles. The van der Waals surface area contributed by atoms with Gasteiger partial charge in [-0.3, -0.25) is 0 Å². The van der Waals surface area contributed by atoms with Gasteiger partial charge in [-0.2, -0.15) is 0 Å². The second-order valence-electron chi connectivity index (χ2n) is 4.05. The highest BCUT2D eigenvalue weighted by Gasteiger charge is 2.07. The molecule has 0 radical (unpaired) electrons. The number of nitrogen functional groups attached to an aromatic ring is 1. The van der Waals surface area contributed by atoms with Crippen molar-refractivity contribution >= 4 is 17.3 Å². The molecule has 0 saturated carbocycles. The van der Waals surface area contributed by atoms with Crippen LogP contribution in [-0.4, -0.2) is 11.1 Å². The topological polar surface area (TPSA) is 75.4 Å². The number of hydrogen-bond acceptors (Lipinski definition) is 3. The number of hydrogen-bond donors (Lipinski definition) is 3. The Morgan fingerprint density at radius 2 is 2.00 bits per heavy atom. The molecule has 0 aliphatic rings. The van der Waals surface area contributed by atoms with Crippen molar-refractivity contribution in [3.63, 3.8) is 0 Å². The lowest BCUT2D eigenvalue weighted by molar-refractivity contribution is 0.0697. The normalized spacial score (nSPS) is 10.2. The van der Waals surface area contributed by atoms with Crippen LogP contribution in [0.2, 0.25) is 0 Å². The maximum Gasteiger partial charge on any atom is 0.335 e. The second kappa shape index (κ2) is 5.39. The highest BCUT2D eigenvalue weighted by molar-refractivity contribution is 5.90. The Labute approximate surface area is 109 Å². The molecular weight excluding hydrogens is 247 g/mol. The van der Waals surface area contributed by atoms with E-state index in [0.29, 0.717) is 16.9 Å². The van der Waals surface area contributed by atoms with Crippen molar-refractivity contribution in [1.29, 1.82) is 0 Å². The largest absolute Gasteiger partial charge is 0.478 e. The molecule has 19 heavy (non-hydrogen) atoms. The number of carboxylic acid groups (broad SMARTS) is 1. The summed E-state index contributed by atoms with van der Waals surface area (Å²) in [5, 5.41) is 11.8. The number of rotatable bonds is 4. The standard InChI is InChI=1S/C14H13FN2O2/c15-11-4-2-1-3-10(11)8-17-13-6-5-9(14(18)19)7-12(13)16/h1-7,17H,8,16H2,(H,18,19). The van der Waals surface area contributed by atoms with E-state index in [2.05, 4.69) is 5.32 Å². The summed E-state index contributed by atoms with van der Waals surface area (Å²) < 4.78 is 13.4. The van der Waals surface area contributed by atoms with Crippen LogP contribution in [0.25, 0.3) is 0 Å². The lowest BCUT2D eigenvalue weighted by Gasteiger charge is -2.10. The fourth-order valence-corrected chi connectivity index (χ4v) is 1.69. The van der Waals surface area contributed by atoms with E-state index in [1.54, 1.807) is 24.3 Å². The van der Waals surface area contributed by atoms with Crippen molar-refractivity contribution in [3.05, 3.63) is 59.4 Å². The Balaban J connectivity index is 2.12. The maximum absolute atomic E-state index is 13.4. The number of anilines is 2. The SMILES string of the molecule is Nc1cc(C(=O)O)ccc1NCc1ccccc1F. The Kier molecular flexibility index (Phi) is 3.66. The number of nitrogens with two attached hydrogens (primary N) is 1. The molecule has 0 heterocycles. The van der Waals surface area contributed by atoms with Crippen LogP contribution < -0.4 is 11.1 Å². The third-order valence-corrected chi connectivity index (χ3v) is 2.73. The van der Waals surface area contributed by atoms with Crippen LogP contribution in [-0.2, 0) is 6.54 Å². The van der Waals surface area contributed by atoms with Gasteiger partial charge in [0.1, 0.15) is 5.82 Å². The molecule has 2 aromatic rings. The lowest BCUT2D eigenvalue weighted by Crippen LogP contribution is -2.05. The predicted molar refractivity (Wildman–Crippen MR) is 71.5 cm³/mol. The summed E-state index contributed by atoms with van der Waals surface area (Å²) in [7, 11) is 0. The molecule has 0 fully saturated rings. The summed E-state index contributed by atoms with van der Waals surface area (Å²) in [5.41, 5.74) is 7.27. The second-order valence-corrected chi connectivity index (χ2v) is 4.05. The third-order valence-electron chi connectivity index (χ3n) is 2.73. The minimum absolute atomic E-state index is 0.119. The first-order valence-electron chi connectivity index (χ1n) is 5.68. The molecule has 4 nitrogen and oxygen atoms in total. The van der Waals surface area contributed by atoms with E-state index in [1.807, 2.05) is 0 Å². The fraction of sp³-hybridized carbons (Fsp3) is 0.0714. The van der Waals surface area contributed by atoms with E-state index >= 15 is 0 Å². The third kappa shape index (κ3) is 3.01. The first-order valence-corrected chi connectivity index (χ1v) is 5.68. The van der Waals surface area contributed by atoms with E-state index < -0.39 is 5.97 Å². The number of nitrogens with one attached hydrogen (secondary N) is 1. The number of aromatic carboxylic acids is 1. The minimum atomic E-state index is -1.03. The van der Waals surface area contributed by atoms with Crippen molar-refractivity contribution in [2.24, 2.45) is 0 Å². The summed E-state index contributed by atoms with van der Waals surface area (Å²) in [6, 6.07) is 10.8. The molecular formula is C14H13FN2O2. The molecule has 2 rings (SSSR count). The van der Waals surface area contributed by atoms with Crippen molar-refractivity contribution in [3.8, 4) is 0 Å². The van der Waals surface area contributed by atoms with E-state index in [4.69, 9.17) is 10.8 Å². The maximum atomic E-state index is 13.4. The molecule has 4 N–H and O–H groups in total. The molecule has 0 aromatic heterocycles. The summed E-state index contributed by atoms with van der Waals surface area (Å²) in [6.45, 7) is 0.281. The molecule has 0 unspecified atom stereocenters. The molecule has 0 atom stereocenters. The van der Waals surface area contributed by atoms with E-state index in [1.165, 1.54) is 18.2 Å². The highest BCUT2D eigenvalue weighted by Crippen LogP contribution is 2.21. The van der Waals surface area contributed by atoms with Gasteiger partial charge in [0, 0.05) is 12.1 Å². The van der Waals surface area contributed by atoms with Crippen LogP contribution in [0.5, 0.6) is 0 Å². The summed E-state index contributed by atoms with van der Waals surface area (Å²) >= 11 is 0. The Morgan fingerprint density at radius 1 is 1.26 bits per heavy atom. The van der Waals surface area contributed by atoms with Crippen LogP contribution in [0.15, 0.2) is 42.5 Å². The summed E-state index contributed by atoms with van der Waals surface area (Å²) in [5.74, 6) is -1.33. The lowest BCUT2D eigenvalue weighted by atomic mass is 10.1. The van der Waals surface area contributed by atoms with Crippen LogP contribution in [0.3, 0.4) is 0 Å². The quantitative estimate of drug-likeness (QED) is 0.739. The van der Waals surface area contributed by atoms with Gasteiger partial charge in [-0.05, 0) is 24.3 Å². The summed E-state index contributed by atoms with van der Waals surface area (Å²) in [6.07, 6.45) is 0. The van der Waals surface area contributed by atoms with E-state index in [-0.39, 0.29) is 17.9 Å². The molecule has 0 aliphatic carbocycles. The molecule has 98 valence electrons. The highest BCUT2D eigenvalue weighted by atomic mass is 19.1. The van der Waals surface area contributed by atoms with Gasteiger partial charge in [0.15, 0.2) is 0 Å². The van der Waals surface area contributed by atoms with Gasteiger partial charge in [-0.25, -0.2) is 9.18 Å². The number of benzene rings is 2. The Bertz CT molecular complexity index is 614. The fourth-order valence-electron chi connectivity index (χ4n) is 1.69. The monoisotopic (exact) mass is 260 g/mol. The molecule has 0 spiro atoms. The Hall–Kier alpha value is -2.56. The van der Waals surface area contributed by atoms with Crippen molar-refractivity contribution in [2.45, 2.75) is 6.54 Å². The van der Waals surface area contributed by atoms with Crippen molar-refractivity contribution in [1.82, 2.24) is 0 Å². The molecule has 2 aromatic carbocycles. The molecule has 5 heteroatoms. The smallest absolute Gasteiger partial charge is 0.335 e. The summed E-state index contributed by atoms with van der Waals surface area (Å²) in [4.78, 5) is 10.8. The zero-order chi connectivity index (χ0) is 13.8. The van der Waals surface area contributed by atoms with Gasteiger partial charge in [-0.15, -0.1) is 0 Å². The van der Waals surface area contributed by atoms with Crippen LogP contribution in [0.4, 0.5) is 15.8 Å². The van der Waals surface area contributed by atoms with Crippen molar-refractivity contribution < 1.29 is 14.3 Å². The zero-order valence-corrected chi connectivity index (χ0v) is 10.1. The number of carboxylic acids is 1. The minimum Gasteiger partial charge on any atom is -0.478 e. The van der Waals surface area contributed by atoms with Gasteiger partial charge >= 0.3 is 5.97 Å². The van der Waals surface area contributed by atoms with Gasteiger partial charge in [0.2, 0.25) is 0 Å². The molecule has 0 amide bonds. The first-order chi connectivity index (χ1) is 9.08. The average molecular weight is 260 g/mol. The van der Waals surface area contributed by atoms with E-state index in [0.717, 1.165) is 0 Å². The number of halogens is 1. The molecule has 0 bridgehead atoms.